The SMILES string of the molecule is CN(CC1(CN)CCC1)c1ccccc1Br. The Morgan fingerprint density at radius 2 is 2.06 bits per heavy atom. The van der Waals surface area contributed by atoms with E-state index in [1.54, 1.807) is 0 Å². The van der Waals surface area contributed by atoms with Crippen molar-refractivity contribution < 1.29 is 0 Å². The zero-order valence-electron chi connectivity index (χ0n) is 9.75. The fraction of sp³-hybridized carbons (Fsp3) is 0.538. The van der Waals surface area contributed by atoms with Crippen LogP contribution in [0.4, 0.5) is 5.69 Å². The largest absolute Gasteiger partial charge is 0.373 e. The van der Waals surface area contributed by atoms with Gasteiger partial charge in [-0.05, 0) is 47.4 Å². The van der Waals surface area contributed by atoms with Crippen LogP contribution < -0.4 is 10.6 Å². The van der Waals surface area contributed by atoms with Crippen molar-refractivity contribution in [2.75, 3.05) is 25.0 Å². The number of rotatable bonds is 4. The number of hydrogen-bond donors (Lipinski definition) is 1. The molecule has 2 nitrogen and oxygen atoms in total. The van der Waals surface area contributed by atoms with E-state index in [4.69, 9.17) is 5.73 Å². The van der Waals surface area contributed by atoms with Gasteiger partial charge in [-0.2, -0.15) is 0 Å². The Morgan fingerprint density at radius 1 is 1.38 bits per heavy atom. The van der Waals surface area contributed by atoms with Crippen LogP contribution in [-0.2, 0) is 0 Å². The lowest BCUT2D eigenvalue weighted by atomic mass is 9.68. The van der Waals surface area contributed by atoms with E-state index in [1.807, 2.05) is 6.07 Å². The second-order valence-corrected chi connectivity index (χ2v) is 5.72. The molecule has 1 aliphatic carbocycles. The Hall–Kier alpha value is -0.540. The third-order valence-corrected chi connectivity index (χ3v) is 4.35. The van der Waals surface area contributed by atoms with Crippen LogP contribution in [0.5, 0.6) is 0 Å². The van der Waals surface area contributed by atoms with Gasteiger partial charge in [0.05, 0.1) is 5.69 Å². The summed E-state index contributed by atoms with van der Waals surface area (Å²) in [6, 6.07) is 8.35. The molecule has 2 N–H and O–H groups in total. The summed E-state index contributed by atoms with van der Waals surface area (Å²) in [5, 5.41) is 0. The van der Waals surface area contributed by atoms with E-state index in [0.29, 0.717) is 5.41 Å². The molecular formula is C13H19BrN2. The van der Waals surface area contributed by atoms with Crippen LogP contribution in [0.1, 0.15) is 19.3 Å². The average molecular weight is 283 g/mol. The maximum atomic E-state index is 5.89. The molecule has 88 valence electrons. The van der Waals surface area contributed by atoms with Gasteiger partial charge in [0.1, 0.15) is 0 Å². The van der Waals surface area contributed by atoms with E-state index in [2.05, 4.69) is 46.1 Å². The summed E-state index contributed by atoms with van der Waals surface area (Å²) in [6.45, 7) is 1.87. The first-order chi connectivity index (χ1) is 7.67. The Balaban J connectivity index is 2.08. The van der Waals surface area contributed by atoms with Gasteiger partial charge in [-0.1, -0.05) is 18.6 Å². The summed E-state index contributed by atoms with van der Waals surface area (Å²) in [5.41, 5.74) is 7.51. The van der Waals surface area contributed by atoms with E-state index in [-0.39, 0.29) is 0 Å². The second-order valence-electron chi connectivity index (χ2n) is 4.87. The highest BCUT2D eigenvalue weighted by Gasteiger charge is 2.36. The third-order valence-electron chi connectivity index (χ3n) is 3.68. The van der Waals surface area contributed by atoms with Gasteiger partial charge in [-0.25, -0.2) is 0 Å². The molecule has 0 unspecified atom stereocenters. The predicted molar refractivity (Wildman–Crippen MR) is 72.8 cm³/mol. The molecule has 0 aromatic heterocycles. The maximum absolute atomic E-state index is 5.89. The van der Waals surface area contributed by atoms with Crippen molar-refractivity contribution in [3.05, 3.63) is 28.7 Å². The Bertz CT molecular complexity index is 355. The van der Waals surface area contributed by atoms with Gasteiger partial charge >= 0.3 is 0 Å². The van der Waals surface area contributed by atoms with Gasteiger partial charge in [-0.15, -0.1) is 0 Å². The lowest BCUT2D eigenvalue weighted by molar-refractivity contribution is 0.154. The van der Waals surface area contributed by atoms with Crippen LogP contribution >= 0.6 is 15.9 Å². The molecule has 1 aromatic rings. The monoisotopic (exact) mass is 282 g/mol. The van der Waals surface area contributed by atoms with Gasteiger partial charge in [0.2, 0.25) is 0 Å². The molecule has 1 fully saturated rings. The van der Waals surface area contributed by atoms with Crippen molar-refractivity contribution >= 4 is 21.6 Å². The minimum atomic E-state index is 0.365. The Labute approximate surface area is 106 Å². The zero-order chi connectivity index (χ0) is 11.6. The number of nitrogens with two attached hydrogens (primary N) is 1. The molecule has 2 rings (SSSR count). The maximum Gasteiger partial charge on any atom is 0.0508 e. The molecule has 3 heteroatoms. The van der Waals surface area contributed by atoms with E-state index in [9.17, 15) is 0 Å². The van der Waals surface area contributed by atoms with Crippen molar-refractivity contribution in [2.24, 2.45) is 11.1 Å². The number of halogens is 1. The van der Waals surface area contributed by atoms with E-state index in [0.717, 1.165) is 17.6 Å². The van der Waals surface area contributed by atoms with Gasteiger partial charge in [0, 0.05) is 23.5 Å². The number of nitrogens with zero attached hydrogens (tertiary/aromatic N) is 1. The molecule has 0 saturated heterocycles. The molecule has 1 aromatic carbocycles. The van der Waals surface area contributed by atoms with Crippen molar-refractivity contribution in [1.29, 1.82) is 0 Å². The van der Waals surface area contributed by atoms with E-state index >= 15 is 0 Å². The molecule has 0 heterocycles. The summed E-state index contributed by atoms with van der Waals surface area (Å²) in [7, 11) is 2.15. The second kappa shape index (κ2) is 4.76. The predicted octanol–water partition coefficient (Wildman–Crippen LogP) is 3.01. The van der Waals surface area contributed by atoms with Crippen LogP contribution in [0.25, 0.3) is 0 Å². The molecule has 0 aliphatic heterocycles. The quantitative estimate of drug-likeness (QED) is 0.920. The number of anilines is 1. The minimum absolute atomic E-state index is 0.365. The van der Waals surface area contributed by atoms with Gasteiger partial charge in [-0.3, -0.25) is 0 Å². The molecule has 0 spiro atoms. The fourth-order valence-corrected chi connectivity index (χ4v) is 3.04. The molecule has 1 aliphatic rings. The van der Waals surface area contributed by atoms with E-state index < -0.39 is 0 Å². The van der Waals surface area contributed by atoms with Crippen LogP contribution in [0.2, 0.25) is 0 Å². The first kappa shape index (κ1) is 11.9. The van der Waals surface area contributed by atoms with Crippen LogP contribution in [0.15, 0.2) is 28.7 Å². The number of para-hydroxylation sites is 1. The standard InChI is InChI=1S/C13H19BrN2/c1-16(10-13(9-15)7-4-8-13)12-6-3-2-5-11(12)14/h2-3,5-6H,4,7-10,15H2,1H3. The summed E-state index contributed by atoms with van der Waals surface area (Å²) < 4.78 is 1.16. The highest BCUT2D eigenvalue weighted by Crippen LogP contribution is 2.41. The van der Waals surface area contributed by atoms with Gasteiger partial charge in [0.15, 0.2) is 0 Å². The fourth-order valence-electron chi connectivity index (χ4n) is 2.45. The molecule has 0 amide bonds. The van der Waals surface area contributed by atoms with Crippen molar-refractivity contribution in [3.8, 4) is 0 Å². The third kappa shape index (κ3) is 2.25. The highest BCUT2D eigenvalue weighted by molar-refractivity contribution is 9.10. The zero-order valence-corrected chi connectivity index (χ0v) is 11.3. The van der Waals surface area contributed by atoms with Crippen molar-refractivity contribution in [1.82, 2.24) is 0 Å². The smallest absolute Gasteiger partial charge is 0.0508 e. The molecular weight excluding hydrogens is 264 g/mol. The summed E-state index contributed by atoms with van der Waals surface area (Å²) in [5.74, 6) is 0. The van der Waals surface area contributed by atoms with Gasteiger partial charge < -0.3 is 10.6 Å². The average Bonchev–Trinajstić information content (AvgIpc) is 2.24. The van der Waals surface area contributed by atoms with Crippen LogP contribution in [0.3, 0.4) is 0 Å². The first-order valence-electron chi connectivity index (χ1n) is 5.83. The first-order valence-corrected chi connectivity index (χ1v) is 6.62. The Morgan fingerprint density at radius 3 is 2.56 bits per heavy atom. The molecule has 16 heavy (non-hydrogen) atoms. The normalized spacial score (nSPS) is 17.9. The summed E-state index contributed by atoms with van der Waals surface area (Å²) in [6.07, 6.45) is 3.89. The Kier molecular flexibility index (Phi) is 3.55. The highest BCUT2D eigenvalue weighted by atomic mass is 79.9. The van der Waals surface area contributed by atoms with Crippen molar-refractivity contribution in [2.45, 2.75) is 19.3 Å². The number of benzene rings is 1. The van der Waals surface area contributed by atoms with Gasteiger partial charge in [0.25, 0.3) is 0 Å². The molecule has 0 bridgehead atoms. The topological polar surface area (TPSA) is 29.3 Å². The lowest BCUT2D eigenvalue weighted by Crippen LogP contribution is -2.46. The van der Waals surface area contributed by atoms with Crippen molar-refractivity contribution in [3.63, 3.8) is 0 Å². The lowest BCUT2D eigenvalue weighted by Gasteiger charge is -2.44. The van der Waals surface area contributed by atoms with Crippen LogP contribution in [0, 0.1) is 5.41 Å². The minimum Gasteiger partial charge on any atom is -0.373 e. The number of hydrogen-bond acceptors (Lipinski definition) is 2. The van der Waals surface area contributed by atoms with Crippen LogP contribution in [-0.4, -0.2) is 20.1 Å². The summed E-state index contributed by atoms with van der Waals surface area (Å²) in [4.78, 5) is 2.32. The molecule has 1 saturated carbocycles. The summed E-state index contributed by atoms with van der Waals surface area (Å²) >= 11 is 3.59. The molecule has 0 atom stereocenters. The molecule has 0 radical (unpaired) electrons. The van der Waals surface area contributed by atoms with E-state index in [1.165, 1.54) is 24.9 Å².